The minimum absolute atomic E-state index is 0.321. The number of nitrogens with zero attached hydrogens (tertiary/aromatic N) is 3. The minimum atomic E-state index is -0.321. The molecule has 5 heteroatoms. The van der Waals surface area contributed by atoms with Crippen LogP contribution in [0.5, 0.6) is 0 Å². The summed E-state index contributed by atoms with van der Waals surface area (Å²) in [5.41, 5.74) is 0.846. The first-order valence-electron chi connectivity index (χ1n) is 7.44. The first kappa shape index (κ1) is 14.5. The number of ether oxygens (including phenoxy) is 1. The Hall–Kier alpha value is -1.39. The van der Waals surface area contributed by atoms with Gasteiger partial charge in [-0.05, 0) is 36.5 Å². The SMILES string of the molecule is CCCC1COC(Cn2cncn2)(c2ccc(Cl)cc2)C1. The van der Waals surface area contributed by atoms with Crippen molar-refractivity contribution in [2.24, 2.45) is 5.92 Å². The molecule has 0 saturated carbocycles. The van der Waals surface area contributed by atoms with Gasteiger partial charge in [-0.3, -0.25) is 0 Å². The second-order valence-electron chi connectivity index (χ2n) is 5.76. The molecule has 1 fully saturated rings. The predicted molar refractivity (Wildman–Crippen MR) is 82.1 cm³/mol. The molecule has 1 aromatic heterocycles. The van der Waals surface area contributed by atoms with Crippen LogP contribution < -0.4 is 0 Å². The van der Waals surface area contributed by atoms with Gasteiger partial charge in [0.05, 0.1) is 13.2 Å². The van der Waals surface area contributed by atoms with Gasteiger partial charge in [-0.2, -0.15) is 5.10 Å². The molecule has 2 aromatic rings. The predicted octanol–water partition coefficient (Wildman–Crippen LogP) is 3.66. The number of rotatable bonds is 5. The van der Waals surface area contributed by atoms with Gasteiger partial charge in [-0.15, -0.1) is 0 Å². The molecule has 0 N–H and O–H groups in total. The Bertz CT molecular complexity index is 570. The van der Waals surface area contributed by atoms with Gasteiger partial charge in [-0.1, -0.05) is 37.1 Å². The number of hydrogen-bond acceptors (Lipinski definition) is 3. The van der Waals surface area contributed by atoms with E-state index in [0.29, 0.717) is 12.5 Å². The van der Waals surface area contributed by atoms with Crippen molar-refractivity contribution in [1.29, 1.82) is 0 Å². The molecule has 3 rings (SSSR count). The van der Waals surface area contributed by atoms with Crippen LogP contribution >= 0.6 is 11.6 Å². The van der Waals surface area contributed by atoms with E-state index in [0.717, 1.165) is 18.1 Å². The first-order valence-corrected chi connectivity index (χ1v) is 7.82. The van der Waals surface area contributed by atoms with Crippen LogP contribution in [0.1, 0.15) is 31.7 Å². The third-order valence-corrected chi connectivity index (χ3v) is 4.42. The van der Waals surface area contributed by atoms with Gasteiger partial charge in [0, 0.05) is 5.02 Å². The normalized spacial score (nSPS) is 25.3. The third-order valence-electron chi connectivity index (χ3n) is 4.16. The number of hydrogen-bond donors (Lipinski definition) is 0. The molecule has 1 saturated heterocycles. The van der Waals surface area contributed by atoms with Crippen molar-refractivity contribution in [3.63, 3.8) is 0 Å². The van der Waals surface area contributed by atoms with Crippen LogP contribution in [0.15, 0.2) is 36.9 Å². The summed E-state index contributed by atoms with van der Waals surface area (Å²) in [6.45, 7) is 3.72. The lowest BCUT2D eigenvalue weighted by molar-refractivity contribution is -0.0177. The Morgan fingerprint density at radius 2 is 2.19 bits per heavy atom. The van der Waals surface area contributed by atoms with Gasteiger partial charge in [-0.25, -0.2) is 9.67 Å². The Balaban J connectivity index is 1.89. The highest BCUT2D eigenvalue weighted by Crippen LogP contribution is 2.42. The zero-order valence-corrected chi connectivity index (χ0v) is 13.0. The molecule has 4 nitrogen and oxygen atoms in total. The zero-order chi connectivity index (χ0) is 14.7. The van der Waals surface area contributed by atoms with E-state index in [4.69, 9.17) is 16.3 Å². The van der Waals surface area contributed by atoms with E-state index in [1.165, 1.54) is 18.4 Å². The van der Waals surface area contributed by atoms with E-state index >= 15 is 0 Å². The molecule has 0 spiro atoms. The average molecular weight is 306 g/mol. The highest BCUT2D eigenvalue weighted by atomic mass is 35.5. The molecule has 1 aliphatic rings. The van der Waals surface area contributed by atoms with Crippen molar-refractivity contribution in [3.05, 3.63) is 47.5 Å². The molecule has 0 amide bonds. The first-order chi connectivity index (χ1) is 10.2. The van der Waals surface area contributed by atoms with Gasteiger partial charge < -0.3 is 4.74 Å². The van der Waals surface area contributed by atoms with Crippen molar-refractivity contribution in [3.8, 4) is 0 Å². The summed E-state index contributed by atoms with van der Waals surface area (Å²) in [6, 6.07) is 7.98. The van der Waals surface area contributed by atoms with E-state index in [9.17, 15) is 0 Å². The molecular formula is C16H20ClN3O. The smallest absolute Gasteiger partial charge is 0.137 e. The maximum atomic E-state index is 6.27. The summed E-state index contributed by atoms with van der Waals surface area (Å²) in [7, 11) is 0. The monoisotopic (exact) mass is 305 g/mol. The summed E-state index contributed by atoms with van der Waals surface area (Å²) in [6.07, 6.45) is 6.71. The Morgan fingerprint density at radius 3 is 2.86 bits per heavy atom. The maximum absolute atomic E-state index is 6.27. The quantitative estimate of drug-likeness (QED) is 0.846. The van der Waals surface area contributed by atoms with Gasteiger partial charge in [0.25, 0.3) is 0 Å². The lowest BCUT2D eigenvalue weighted by Gasteiger charge is -2.29. The van der Waals surface area contributed by atoms with Crippen molar-refractivity contribution in [2.45, 2.75) is 38.3 Å². The summed E-state index contributed by atoms with van der Waals surface area (Å²) >= 11 is 6.02. The number of benzene rings is 1. The number of aromatic nitrogens is 3. The second kappa shape index (κ2) is 6.16. The summed E-state index contributed by atoms with van der Waals surface area (Å²) in [5.74, 6) is 0.606. The molecule has 21 heavy (non-hydrogen) atoms. The molecule has 1 aromatic carbocycles. The topological polar surface area (TPSA) is 39.9 Å². The fraction of sp³-hybridized carbons (Fsp3) is 0.500. The minimum Gasteiger partial charge on any atom is -0.368 e. The molecule has 112 valence electrons. The lowest BCUT2D eigenvalue weighted by Crippen LogP contribution is -2.31. The molecule has 0 aliphatic carbocycles. The van der Waals surface area contributed by atoms with E-state index in [1.54, 1.807) is 12.7 Å². The van der Waals surface area contributed by atoms with Crippen LogP contribution in [0.4, 0.5) is 0 Å². The van der Waals surface area contributed by atoms with Crippen LogP contribution in [-0.2, 0) is 16.9 Å². The molecule has 0 radical (unpaired) electrons. The molecule has 2 heterocycles. The summed E-state index contributed by atoms with van der Waals surface area (Å²) in [5, 5.41) is 4.99. The van der Waals surface area contributed by atoms with Gasteiger partial charge in [0.2, 0.25) is 0 Å². The van der Waals surface area contributed by atoms with Crippen LogP contribution in [0.2, 0.25) is 5.02 Å². The molecule has 2 unspecified atom stereocenters. The Morgan fingerprint density at radius 1 is 1.38 bits per heavy atom. The molecule has 0 bridgehead atoms. The summed E-state index contributed by atoms with van der Waals surface area (Å²) in [4.78, 5) is 4.03. The Kier molecular flexibility index (Phi) is 4.27. The average Bonchev–Trinajstić information content (AvgIpc) is 3.11. The van der Waals surface area contributed by atoms with Crippen LogP contribution in [0.25, 0.3) is 0 Å². The van der Waals surface area contributed by atoms with Crippen molar-refractivity contribution < 1.29 is 4.74 Å². The van der Waals surface area contributed by atoms with Crippen LogP contribution in [0.3, 0.4) is 0 Å². The largest absolute Gasteiger partial charge is 0.368 e. The van der Waals surface area contributed by atoms with E-state index in [2.05, 4.69) is 29.1 Å². The maximum Gasteiger partial charge on any atom is 0.137 e. The van der Waals surface area contributed by atoms with Gasteiger partial charge >= 0.3 is 0 Å². The number of halogens is 1. The Labute approximate surface area is 130 Å². The van der Waals surface area contributed by atoms with E-state index in [1.807, 2.05) is 16.8 Å². The fourth-order valence-electron chi connectivity index (χ4n) is 3.19. The van der Waals surface area contributed by atoms with Gasteiger partial charge in [0.1, 0.15) is 18.3 Å². The van der Waals surface area contributed by atoms with Crippen LogP contribution in [0, 0.1) is 5.92 Å². The lowest BCUT2D eigenvalue weighted by atomic mass is 9.86. The standard InChI is InChI=1S/C16H20ClN3O/c1-2-3-13-8-16(21-9-13,10-20-12-18-11-19-20)14-4-6-15(17)7-5-14/h4-7,11-13H,2-3,8-10H2,1H3. The second-order valence-corrected chi connectivity index (χ2v) is 6.20. The fourth-order valence-corrected chi connectivity index (χ4v) is 3.31. The summed E-state index contributed by atoms with van der Waals surface area (Å²) < 4.78 is 8.12. The van der Waals surface area contributed by atoms with Crippen molar-refractivity contribution in [1.82, 2.24) is 14.8 Å². The van der Waals surface area contributed by atoms with Gasteiger partial charge in [0.15, 0.2) is 0 Å². The third kappa shape index (κ3) is 3.11. The highest BCUT2D eigenvalue weighted by molar-refractivity contribution is 6.30. The molecule has 2 atom stereocenters. The van der Waals surface area contributed by atoms with E-state index < -0.39 is 0 Å². The molecular weight excluding hydrogens is 286 g/mol. The highest BCUT2D eigenvalue weighted by Gasteiger charge is 2.42. The van der Waals surface area contributed by atoms with Crippen molar-refractivity contribution >= 4 is 11.6 Å². The zero-order valence-electron chi connectivity index (χ0n) is 12.2. The van der Waals surface area contributed by atoms with Crippen molar-refractivity contribution in [2.75, 3.05) is 6.61 Å². The molecule has 1 aliphatic heterocycles. The van der Waals surface area contributed by atoms with E-state index in [-0.39, 0.29) is 5.60 Å². The van der Waals surface area contributed by atoms with Crippen LogP contribution in [-0.4, -0.2) is 21.4 Å².